The van der Waals surface area contributed by atoms with Gasteiger partial charge >= 0.3 is 6.18 Å². The highest BCUT2D eigenvalue weighted by atomic mass is 19.4. The third-order valence-electron chi connectivity index (χ3n) is 2.93. The Hall–Kier alpha value is -2.31. The second kappa shape index (κ2) is 5.99. The molecule has 2 aromatic rings. The van der Waals surface area contributed by atoms with Crippen LogP contribution in [-0.4, -0.2) is 22.2 Å². The molecule has 21 heavy (non-hydrogen) atoms. The van der Waals surface area contributed by atoms with Gasteiger partial charge in [-0.3, -0.25) is 9.48 Å². The maximum atomic E-state index is 12.8. The van der Waals surface area contributed by atoms with Gasteiger partial charge in [0, 0.05) is 19.8 Å². The summed E-state index contributed by atoms with van der Waals surface area (Å²) in [6, 6.07) is 4.73. The third kappa shape index (κ3) is 3.84. The smallest absolute Gasteiger partial charge is 0.352 e. The number of carbonyl (C=O) groups is 1. The molecular weight excluding hydrogens is 283 g/mol. The van der Waals surface area contributed by atoms with Gasteiger partial charge in [0.1, 0.15) is 0 Å². The molecule has 0 aliphatic carbocycles. The van der Waals surface area contributed by atoms with E-state index in [4.69, 9.17) is 0 Å². The van der Waals surface area contributed by atoms with Crippen molar-refractivity contribution in [2.24, 2.45) is 7.05 Å². The lowest BCUT2D eigenvalue weighted by molar-refractivity contribution is -0.137. The first kappa shape index (κ1) is 15.1. The fourth-order valence-corrected chi connectivity index (χ4v) is 1.94. The van der Waals surface area contributed by atoms with E-state index in [-0.39, 0.29) is 12.1 Å². The summed E-state index contributed by atoms with van der Waals surface area (Å²) in [5.41, 5.74) is -0.387. The number of aryl methyl sites for hydroxylation is 1. The van der Waals surface area contributed by atoms with Crippen LogP contribution in [0.25, 0.3) is 0 Å². The predicted molar refractivity (Wildman–Crippen MR) is 70.7 cm³/mol. The zero-order chi connectivity index (χ0) is 15.5. The molecule has 0 saturated heterocycles. The van der Waals surface area contributed by atoms with Gasteiger partial charge in [-0.15, -0.1) is 0 Å². The Morgan fingerprint density at radius 1 is 1.33 bits per heavy atom. The number of aromatic nitrogens is 2. The normalized spacial score (nSPS) is 11.4. The van der Waals surface area contributed by atoms with Crippen LogP contribution < -0.4 is 5.32 Å². The zero-order valence-corrected chi connectivity index (χ0v) is 11.3. The number of carbonyl (C=O) groups excluding carboxylic acids is 1. The highest BCUT2D eigenvalue weighted by Crippen LogP contribution is 2.31. The molecule has 0 fully saturated rings. The van der Waals surface area contributed by atoms with Gasteiger partial charge in [0.05, 0.1) is 17.3 Å². The number of nitrogens with one attached hydrogen (secondary N) is 1. The molecule has 0 aliphatic rings. The van der Waals surface area contributed by atoms with Crippen LogP contribution in [0.3, 0.4) is 0 Å². The molecule has 1 aromatic carbocycles. The van der Waals surface area contributed by atoms with Gasteiger partial charge < -0.3 is 5.32 Å². The summed E-state index contributed by atoms with van der Waals surface area (Å²) in [6.45, 7) is 0.247. The quantitative estimate of drug-likeness (QED) is 0.942. The number of hydrogen-bond donors (Lipinski definition) is 1. The Morgan fingerprint density at radius 2 is 2.05 bits per heavy atom. The number of amides is 1. The molecule has 0 unspecified atom stereocenters. The number of alkyl halides is 3. The number of rotatable bonds is 4. The van der Waals surface area contributed by atoms with Crippen molar-refractivity contribution in [3.05, 3.63) is 53.3 Å². The van der Waals surface area contributed by atoms with E-state index in [0.717, 1.165) is 11.6 Å². The monoisotopic (exact) mass is 297 g/mol. The summed E-state index contributed by atoms with van der Waals surface area (Å²) in [6.07, 6.45) is -0.601. The molecule has 0 bridgehead atoms. The van der Waals surface area contributed by atoms with Crippen molar-refractivity contribution in [2.75, 3.05) is 6.54 Å². The van der Waals surface area contributed by atoms with Crippen molar-refractivity contribution >= 4 is 5.91 Å². The minimum atomic E-state index is -4.54. The average molecular weight is 297 g/mol. The van der Waals surface area contributed by atoms with E-state index in [1.54, 1.807) is 24.1 Å². The van der Waals surface area contributed by atoms with Crippen molar-refractivity contribution < 1.29 is 18.0 Å². The molecule has 2 rings (SSSR count). The van der Waals surface area contributed by atoms with E-state index in [1.165, 1.54) is 18.2 Å². The Kier molecular flexibility index (Phi) is 4.30. The van der Waals surface area contributed by atoms with Gasteiger partial charge in [-0.2, -0.15) is 18.3 Å². The van der Waals surface area contributed by atoms with Crippen LogP contribution in [0.4, 0.5) is 13.2 Å². The molecule has 112 valence electrons. The first-order valence-corrected chi connectivity index (χ1v) is 6.30. The van der Waals surface area contributed by atoms with Gasteiger partial charge in [0.2, 0.25) is 0 Å². The largest absolute Gasteiger partial charge is 0.417 e. The molecule has 0 aliphatic heterocycles. The van der Waals surface area contributed by atoms with E-state index in [9.17, 15) is 18.0 Å². The summed E-state index contributed by atoms with van der Waals surface area (Å²) in [5.74, 6) is -0.730. The molecule has 7 heteroatoms. The average Bonchev–Trinajstić information content (AvgIpc) is 2.83. The predicted octanol–water partition coefficient (Wildman–Crippen LogP) is 2.41. The highest BCUT2D eigenvalue weighted by Gasteiger charge is 2.34. The van der Waals surface area contributed by atoms with E-state index in [1.807, 2.05) is 0 Å². The number of hydrogen-bond acceptors (Lipinski definition) is 2. The number of benzene rings is 1. The first-order chi connectivity index (χ1) is 9.88. The molecule has 1 aromatic heterocycles. The Labute approximate surface area is 119 Å². The van der Waals surface area contributed by atoms with Crippen LogP contribution in [0.5, 0.6) is 0 Å². The second-order valence-electron chi connectivity index (χ2n) is 4.57. The van der Waals surface area contributed by atoms with Gasteiger partial charge in [-0.1, -0.05) is 12.1 Å². The molecule has 1 heterocycles. The van der Waals surface area contributed by atoms with Gasteiger partial charge in [0.25, 0.3) is 5.91 Å². The lowest BCUT2D eigenvalue weighted by Crippen LogP contribution is -2.28. The van der Waals surface area contributed by atoms with Crippen LogP contribution in [0, 0.1) is 0 Å². The van der Waals surface area contributed by atoms with E-state index < -0.39 is 17.6 Å². The SMILES string of the molecule is Cn1cc(CCNC(=O)c2ccccc2C(F)(F)F)cn1. The Morgan fingerprint density at radius 3 is 2.67 bits per heavy atom. The Bertz CT molecular complexity index is 634. The summed E-state index contributed by atoms with van der Waals surface area (Å²) < 4.78 is 40.0. The van der Waals surface area contributed by atoms with E-state index >= 15 is 0 Å². The summed E-state index contributed by atoms with van der Waals surface area (Å²) in [4.78, 5) is 11.9. The lowest BCUT2D eigenvalue weighted by Gasteiger charge is -2.12. The van der Waals surface area contributed by atoms with Gasteiger partial charge in [0.15, 0.2) is 0 Å². The maximum Gasteiger partial charge on any atom is 0.417 e. The van der Waals surface area contributed by atoms with Crippen LogP contribution >= 0.6 is 0 Å². The maximum absolute atomic E-state index is 12.8. The second-order valence-corrected chi connectivity index (χ2v) is 4.57. The third-order valence-corrected chi connectivity index (χ3v) is 2.93. The van der Waals surface area contributed by atoms with Crippen molar-refractivity contribution in [1.82, 2.24) is 15.1 Å². The van der Waals surface area contributed by atoms with Crippen LogP contribution in [-0.2, 0) is 19.6 Å². The topological polar surface area (TPSA) is 46.9 Å². The molecule has 0 saturated carbocycles. The fraction of sp³-hybridized carbons (Fsp3) is 0.286. The van der Waals surface area contributed by atoms with E-state index in [2.05, 4.69) is 10.4 Å². The molecular formula is C14H14F3N3O. The number of halogens is 3. The molecule has 0 atom stereocenters. The minimum Gasteiger partial charge on any atom is -0.352 e. The van der Waals surface area contributed by atoms with Crippen LogP contribution in [0.1, 0.15) is 21.5 Å². The van der Waals surface area contributed by atoms with Crippen molar-refractivity contribution in [1.29, 1.82) is 0 Å². The van der Waals surface area contributed by atoms with Crippen molar-refractivity contribution in [3.8, 4) is 0 Å². The minimum absolute atomic E-state index is 0.247. The molecule has 1 amide bonds. The molecule has 0 spiro atoms. The molecule has 0 radical (unpaired) electrons. The van der Waals surface area contributed by atoms with Crippen LogP contribution in [0.2, 0.25) is 0 Å². The van der Waals surface area contributed by atoms with Crippen molar-refractivity contribution in [3.63, 3.8) is 0 Å². The van der Waals surface area contributed by atoms with Gasteiger partial charge in [-0.05, 0) is 24.1 Å². The lowest BCUT2D eigenvalue weighted by atomic mass is 10.1. The zero-order valence-electron chi connectivity index (χ0n) is 11.3. The van der Waals surface area contributed by atoms with E-state index in [0.29, 0.717) is 6.42 Å². The van der Waals surface area contributed by atoms with Crippen LogP contribution in [0.15, 0.2) is 36.7 Å². The summed E-state index contributed by atoms with van der Waals surface area (Å²) >= 11 is 0. The Balaban J connectivity index is 2.01. The first-order valence-electron chi connectivity index (χ1n) is 6.30. The van der Waals surface area contributed by atoms with Crippen molar-refractivity contribution in [2.45, 2.75) is 12.6 Å². The molecule has 1 N–H and O–H groups in total. The standard InChI is InChI=1S/C14H14F3N3O/c1-20-9-10(8-19-20)6-7-18-13(21)11-4-2-3-5-12(11)14(15,16)17/h2-5,8-9H,6-7H2,1H3,(H,18,21). The summed E-state index contributed by atoms with van der Waals surface area (Å²) in [5, 5.41) is 6.47. The fourth-order valence-electron chi connectivity index (χ4n) is 1.94. The molecule has 4 nitrogen and oxygen atoms in total. The number of nitrogens with zero attached hydrogens (tertiary/aromatic N) is 2. The summed E-state index contributed by atoms with van der Waals surface area (Å²) in [7, 11) is 1.77. The highest BCUT2D eigenvalue weighted by molar-refractivity contribution is 5.95. The van der Waals surface area contributed by atoms with Gasteiger partial charge in [-0.25, -0.2) is 0 Å².